The van der Waals surface area contributed by atoms with E-state index in [1.165, 1.54) is 0 Å². The van der Waals surface area contributed by atoms with Crippen molar-refractivity contribution in [1.29, 1.82) is 0 Å². The maximum atomic E-state index is 9.44. The molecule has 0 bridgehead atoms. The lowest BCUT2D eigenvalue weighted by Gasteiger charge is -2.24. The molecule has 116 valence electrons. The lowest BCUT2D eigenvalue weighted by molar-refractivity contribution is 0.266. The quantitative estimate of drug-likeness (QED) is 0.876. The van der Waals surface area contributed by atoms with Gasteiger partial charge in [-0.25, -0.2) is 9.97 Å². The number of aryl methyl sites for hydroxylation is 1. The second-order valence-corrected chi connectivity index (χ2v) is 5.55. The molecule has 0 spiro atoms. The van der Waals surface area contributed by atoms with Gasteiger partial charge in [-0.3, -0.25) is 4.98 Å². The van der Waals surface area contributed by atoms with E-state index >= 15 is 0 Å². The summed E-state index contributed by atoms with van der Waals surface area (Å²) in [6, 6.07) is 6.09. The molecule has 0 amide bonds. The molecule has 1 saturated heterocycles. The molecule has 1 fully saturated rings. The number of rotatable bonds is 5. The third-order valence-corrected chi connectivity index (χ3v) is 4.09. The Morgan fingerprint density at radius 1 is 1.36 bits per heavy atom. The molecule has 1 atom stereocenters. The lowest BCUT2D eigenvalue weighted by atomic mass is 10.2. The zero-order valence-corrected chi connectivity index (χ0v) is 12.7. The molecule has 2 N–H and O–H groups in total. The monoisotopic (exact) mass is 299 g/mol. The summed E-state index contributed by atoms with van der Waals surface area (Å²) < 4.78 is 0. The summed E-state index contributed by atoms with van der Waals surface area (Å²) in [6.07, 6.45) is 5.46. The molecule has 3 rings (SSSR count). The van der Waals surface area contributed by atoms with Gasteiger partial charge in [0.2, 0.25) is 0 Å². The number of aromatic nitrogens is 3. The number of hydrogen-bond donors (Lipinski definition) is 2. The first-order chi connectivity index (χ1) is 10.8. The highest BCUT2D eigenvalue weighted by atomic mass is 16.3. The molecule has 0 aromatic carbocycles. The van der Waals surface area contributed by atoms with Crippen molar-refractivity contribution in [3.05, 3.63) is 42.0 Å². The number of hydrogen-bond acceptors (Lipinski definition) is 6. The highest BCUT2D eigenvalue weighted by Gasteiger charge is 2.25. The summed E-state index contributed by atoms with van der Waals surface area (Å²) in [5.74, 6) is 1.64. The van der Waals surface area contributed by atoms with Crippen molar-refractivity contribution in [2.45, 2.75) is 32.4 Å². The highest BCUT2D eigenvalue weighted by molar-refractivity contribution is 5.50. The Balaban J connectivity index is 1.70. The first-order valence-electron chi connectivity index (χ1n) is 7.62. The Labute approximate surface area is 130 Å². The average molecular weight is 299 g/mol. The number of pyridine rings is 1. The molecule has 1 aliphatic rings. The molecule has 0 radical (unpaired) electrons. The van der Waals surface area contributed by atoms with Crippen LogP contribution in [0.4, 0.5) is 11.6 Å². The number of nitrogens with zero attached hydrogens (tertiary/aromatic N) is 4. The van der Waals surface area contributed by atoms with Gasteiger partial charge in [-0.1, -0.05) is 6.07 Å². The summed E-state index contributed by atoms with van der Waals surface area (Å²) in [4.78, 5) is 15.1. The van der Waals surface area contributed by atoms with E-state index < -0.39 is 0 Å². The van der Waals surface area contributed by atoms with E-state index in [0.717, 1.165) is 42.3 Å². The second-order valence-electron chi connectivity index (χ2n) is 5.55. The van der Waals surface area contributed by atoms with Crippen LogP contribution in [0.1, 0.15) is 24.1 Å². The van der Waals surface area contributed by atoms with Gasteiger partial charge in [0.1, 0.15) is 18.0 Å². The van der Waals surface area contributed by atoms with Gasteiger partial charge in [0.05, 0.1) is 24.9 Å². The minimum Gasteiger partial charge on any atom is -0.394 e. The van der Waals surface area contributed by atoms with Crippen LogP contribution in [0.3, 0.4) is 0 Å². The van der Waals surface area contributed by atoms with E-state index in [4.69, 9.17) is 0 Å². The smallest absolute Gasteiger partial charge is 0.134 e. The molecule has 0 saturated carbocycles. The third kappa shape index (κ3) is 3.17. The summed E-state index contributed by atoms with van der Waals surface area (Å²) in [5.41, 5.74) is 2.17. The van der Waals surface area contributed by atoms with Gasteiger partial charge in [-0.2, -0.15) is 0 Å². The van der Waals surface area contributed by atoms with Crippen molar-refractivity contribution in [3.63, 3.8) is 0 Å². The Kier molecular flexibility index (Phi) is 4.48. The molecule has 22 heavy (non-hydrogen) atoms. The van der Waals surface area contributed by atoms with Gasteiger partial charge in [-0.05, 0) is 31.4 Å². The SMILES string of the molecule is Cc1cccnc1CNc1cc(N2CCC[C@H]2CO)ncn1. The molecule has 6 nitrogen and oxygen atoms in total. The van der Waals surface area contributed by atoms with Crippen molar-refractivity contribution in [2.24, 2.45) is 0 Å². The fourth-order valence-corrected chi connectivity index (χ4v) is 2.81. The fraction of sp³-hybridized carbons (Fsp3) is 0.438. The number of aliphatic hydroxyl groups excluding tert-OH is 1. The second kappa shape index (κ2) is 6.70. The Morgan fingerprint density at radius 3 is 3.09 bits per heavy atom. The minimum atomic E-state index is 0.167. The number of nitrogens with one attached hydrogen (secondary N) is 1. The number of aliphatic hydroxyl groups is 1. The van der Waals surface area contributed by atoms with Crippen LogP contribution in [0, 0.1) is 6.92 Å². The topological polar surface area (TPSA) is 74.2 Å². The maximum Gasteiger partial charge on any atom is 0.134 e. The summed E-state index contributed by atoms with van der Waals surface area (Å²) in [5, 5.41) is 12.7. The minimum absolute atomic E-state index is 0.167. The van der Waals surface area contributed by atoms with E-state index in [1.54, 1.807) is 12.5 Å². The maximum absolute atomic E-state index is 9.44. The molecule has 2 aromatic rings. The van der Waals surface area contributed by atoms with Crippen LogP contribution in [-0.2, 0) is 6.54 Å². The predicted molar refractivity (Wildman–Crippen MR) is 85.8 cm³/mol. The van der Waals surface area contributed by atoms with Crippen LogP contribution in [0.5, 0.6) is 0 Å². The summed E-state index contributed by atoms with van der Waals surface area (Å²) >= 11 is 0. The first-order valence-corrected chi connectivity index (χ1v) is 7.62. The van der Waals surface area contributed by atoms with Crippen LogP contribution in [0.2, 0.25) is 0 Å². The highest BCUT2D eigenvalue weighted by Crippen LogP contribution is 2.24. The van der Waals surface area contributed by atoms with Crippen molar-refractivity contribution in [2.75, 3.05) is 23.4 Å². The molecule has 2 aromatic heterocycles. The van der Waals surface area contributed by atoms with E-state index in [2.05, 4.69) is 25.2 Å². The van der Waals surface area contributed by atoms with Crippen molar-refractivity contribution in [3.8, 4) is 0 Å². The molecular weight excluding hydrogens is 278 g/mol. The van der Waals surface area contributed by atoms with Gasteiger partial charge in [-0.15, -0.1) is 0 Å². The predicted octanol–water partition coefficient (Wildman–Crippen LogP) is 1.75. The average Bonchev–Trinajstić information content (AvgIpc) is 3.03. The largest absolute Gasteiger partial charge is 0.394 e. The van der Waals surface area contributed by atoms with Gasteiger partial charge in [0, 0.05) is 18.8 Å². The molecule has 6 heteroatoms. The van der Waals surface area contributed by atoms with Gasteiger partial charge < -0.3 is 15.3 Å². The molecule has 1 aliphatic heterocycles. The van der Waals surface area contributed by atoms with Crippen LogP contribution in [0.15, 0.2) is 30.7 Å². The number of anilines is 2. The first kappa shape index (κ1) is 14.7. The van der Waals surface area contributed by atoms with Gasteiger partial charge in [0.15, 0.2) is 0 Å². The van der Waals surface area contributed by atoms with E-state index in [-0.39, 0.29) is 12.6 Å². The molecule has 0 aliphatic carbocycles. The molecule has 3 heterocycles. The van der Waals surface area contributed by atoms with Gasteiger partial charge in [0.25, 0.3) is 0 Å². The summed E-state index contributed by atoms with van der Waals surface area (Å²) in [6.45, 7) is 3.78. The lowest BCUT2D eigenvalue weighted by Crippen LogP contribution is -2.32. The Morgan fingerprint density at radius 2 is 2.27 bits per heavy atom. The zero-order valence-electron chi connectivity index (χ0n) is 12.7. The van der Waals surface area contributed by atoms with Crippen LogP contribution < -0.4 is 10.2 Å². The summed E-state index contributed by atoms with van der Waals surface area (Å²) in [7, 11) is 0. The van der Waals surface area contributed by atoms with Crippen molar-refractivity contribution < 1.29 is 5.11 Å². The standard InChI is InChI=1S/C16H21N5O/c1-12-4-2-6-17-14(12)9-18-15-8-16(20-11-19-15)21-7-3-5-13(21)10-22/h2,4,6,8,11,13,22H,3,5,7,9-10H2,1H3,(H,18,19,20)/t13-/m0/s1. The Bertz CT molecular complexity index is 633. The van der Waals surface area contributed by atoms with Crippen LogP contribution in [0.25, 0.3) is 0 Å². The van der Waals surface area contributed by atoms with Crippen molar-refractivity contribution >= 4 is 11.6 Å². The third-order valence-electron chi connectivity index (χ3n) is 4.09. The van der Waals surface area contributed by atoms with Crippen molar-refractivity contribution in [1.82, 2.24) is 15.0 Å². The zero-order chi connectivity index (χ0) is 15.4. The van der Waals surface area contributed by atoms with E-state index in [9.17, 15) is 5.11 Å². The van der Waals surface area contributed by atoms with Gasteiger partial charge >= 0.3 is 0 Å². The van der Waals surface area contributed by atoms with E-state index in [0.29, 0.717) is 6.54 Å². The fourth-order valence-electron chi connectivity index (χ4n) is 2.81. The molecular formula is C16H21N5O. The van der Waals surface area contributed by atoms with E-state index in [1.807, 2.05) is 25.1 Å². The molecule has 0 unspecified atom stereocenters. The van der Waals surface area contributed by atoms with Crippen LogP contribution in [-0.4, -0.2) is 39.3 Å². The normalized spacial score (nSPS) is 17.7. The van der Waals surface area contributed by atoms with Crippen LogP contribution >= 0.6 is 0 Å². The Hall–Kier alpha value is -2.21.